The Morgan fingerprint density at radius 2 is 1.38 bits per heavy atom. The second-order valence-electron chi connectivity index (χ2n) is 6.66. The van der Waals surface area contributed by atoms with Crippen LogP contribution in [0.3, 0.4) is 0 Å². The second kappa shape index (κ2) is 7.91. The van der Waals surface area contributed by atoms with Gasteiger partial charge in [0, 0.05) is 11.4 Å². The van der Waals surface area contributed by atoms with E-state index in [1.54, 1.807) is 0 Å². The molecule has 29 heavy (non-hydrogen) atoms. The lowest BCUT2D eigenvalue weighted by Crippen LogP contribution is -2.06. The van der Waals surface area contributed by atoms with E-state index < -0.39 is 10.1 Å². The second-order valence-corrected chi connectivity index (χ2v) is 8.08. The van der Waals surface area contributed by atoms with Crippen LogP contribution in [-0.4, -0.2) is 18.0 Å². The van der Waals surface area contributed by atoms with Crippen LogP contribution < -0.4 is 10.6 Å². The van der Waals surface area contributed by atoms with Crippen LogP contribution in [0.25, 0.3) is 0 Å². The lowest BCUT2D eigenvalue weighted by Gasteiger charge is -2.16. The number of nitrogens with zero attached hydrogens (tertiary/aromatic N) is 2. The highest BCUT2D eigenvalue weighted by molar-refractivity contribution is 7.85. The third-order valence-corrected chi connectivity index (χ3v) is 5.46. The first kappa shape index (κ1) is 20.3. The fourth-order valence-electron chi connectivity index (χ4n) is 2.76. The molecule has 0 amide bonds. The predicted molar refractivity (Wildman–Crippen MR) is 112 cm³/mol. The molecule has 148 valence electrons. The van der Waals surface area contributed by atoms with Gasteiger partial charge in [-0.15, -0.1) is 0 Å². The van der Waals surface area contributed by atoms with Gasteiger partial charge in [-0.05, 0) is 68.3 Å². The summed E-state index contributed by atoms with van der Waals surface area (Å²) in [5.41, 5.74) is 4.59. The van der Waals surface area contributed by atoms with Gasteiger partial charge < -0.3 is 10.6 Å². The summed E-state index contributed by atoms with van der Waals surface area (Å²) < 4.78 is 31.5. The van der Waals surface area contributed by atoms with Crippen molar-refractivity contribution in [1.29, 1.82) is 5.26 Å². The van der Waals surface area contributed by atoms with Crippen LogP contribution in [0.5, 0.6) is 0 Å². The molecule has 8 heteroatoms. The maximum absolute atomic E-state index is 11.2. The molecule has 3 rings (SSSR count). The summed E-state index contributed by atoms with van der Waals surface area (Å²) in [4.78, 5) is 4.37. The monoisotopic (exact) mass is 408 g/mol. The molecule has 0 radical (unpaired) electrons. The van der Waals surface area contributed by atoms with E-state index in [1.807, 2.05) is 45.0 Å². The fourth-order valence-corrected chi connectivity index (χ4v) is 3.24. The third kappa shape index (κ3) is 4.54. The van der Waals surface area contributed by atoms with Gasteiger partial charge in [0.05, 0.1) is 10.5 Å². The van der Waals surface area contributed by atoms with Crippen molar-refractivity contribution < 1.29 is 13.0 Å². The first-order valence-electron chi connectivity index (χ1n) is 8.78. The van der Waals surface area contributed by atoms with Crippen LogP contribution in [0.4, 0.5) is 23.0 Å². The molecule has 3 aromatic rings. The van der Waals surface area contributed by atoms with Crippen LogP contribution in [0, 0.1) is 32.1 Å². The van der Waals surface area contributed by atoms with Crippen LogP contribution >= 0.6 is 0 Å². The van der Waals surface area contributed by atoms with E-state index in [9.17, 15) is 13.7 Å². The number of pyridine rings is 1. The Balaban J connectivity index is 1.98. The van der Waals surface area contributed by atoms with Crippen molar-refractivity contribution in [1.82, 2.24) is 4.98 Å². The normalized spacial score (nSPS) is 11.0. The summed E-state index contributed by atoms with van der Waals surface area (Å²) in [7, 11) is -4.27. The Morgan fingerprint density at radius 1 is 0.862 bits per heavy atom. The van der Waals surface area contributed by atoms with Gasteiger partial charge in [-0.3, -0.25) is 4.55 Å². The van der Waals surface area contributed by atoms with Crippen molar-refractivity contribution in [3.05, 3.63) is 70.8 Å². The van der Waals surface area contributed by atoms with Crippen molar-refractivity contribution in [2.45, 2.75) is 25.7 Å². The number of nitriles is 1. The summed E-state index contributed by atoms with van der Waals surface area (Å²) in [6.45, 7) is 5.75. The molecular weight excluding hydrogens is 388 g/mol. The highest BCUT2D eigenvalue weighted by Gasteiger charge is 2.15. The van der Waals surface area contributed by atoms with Crippen molar-refractivity contribution in [2.24, 2.45) is 0 Å². The van der Waals surface area contributed by atoms with Crippen molar-refractivity contribution >= 4 is 33.1 Å². The summed E-state index contributed by atoms with van der Waals surface area (Å²) in [5, 5.41) is 15.9. The molecule has 0 unspecified atom stereocenters. The summed E-state index contributed by atoms with van der Waals surface area (Å²) >= 11 is 0. The van der Waals surface area contributed by atoms with Gasteiger partial charge in [0.1, 0.15) is 11.9 Å². The average molecular weight is 408 g/mol. The lowest BCUT2D eigenvalue weighted by atomic mass is 10.1. The Bertz CT molecular complexity index is 1200. The standard InChI is InChI=1S/C21H20N4O3S/c1-13-4-6-16(7-5-13)23-20-15(3)14(2)19(12-22)21(25-20)24-17-8-10-18(11-9-17)29(26,27)28/h4-11H,1-3H3,(H2,23,24,25)(H,26,27,28). The van der Waals surface area contributed by atoms with Gasteiger partial charge in [-0.2, -0.15) is 13.7 Å². The number of rotatable bonds is 5. The largest absolute Gasteiger partial charge is 0.340 e. The molecular formula is C21H20N4O3S. The number of hydrogen-bond donors (Lipinski definition) is 3. The molecule has 1 aromatic heterocycles. The maximum Gasteiger partial charge on any atom is 0.294 e. The molecule has 0 saturated heterocycles. The molecule has 0 fully saturated rings. The zero-order valence-corrected chi connectivity index (χ0v) is 17.0. The minimum atomic E-state index is -4.27. The number of aromatic nitrogens is 1. The lowest BCUT2D eigenvalue weighted by molar-refractivity contribution is 0.483. The van der Waals surface area contributed by atoms with E-state index in [2.05, 4.69) is 21.7 Å². The first-order valence-corrected chi connectivity index (χ1v) is 10.2. The van der Waals surface area contributed by atoms with Crippen LogP contribution in [0.2, 0.25) is 0 Å². The summed E-state index contributed by atoms with van der Waals surface area (Å²) in [5.74, 6) is 0.965. The van der Waals surface area contributed by atoms with E-state index in [4.69, 9.17) is 4.55 Å². The zero-order valence-electron chi connectivity index (χ0n) is 16.2. The Morgan fingerprint density at radius 3 is 1.90 bits per heavy atom. The topological polar surface area (TPSA) is 115 Å². The Labute approximate surface area is 169 Å². The average Bonchev–Trinajstić information content (AvgIpc) is 2.67. The van der Waals surface area contributed by atoms with Gasteiger partial charge in [0.2, 0.25) is 0 Å². The number of anilines is 4. The van der Waals surface area contributed by atoms with E-state index >= 15 is 0 Å². The highest BCUT2D eigenvalue weighted by Crippen LogP contribution is 2.30. The van der Waals surface area contributed by atoms with Gasteiger partial charge in [-0.1, -0.05) is 17.7 Å². The van der Waals surface area contributed by atoms with Gasteiger partial charge in [-0.25, -0.2) is 4.98 Å². The van der Waals surface area contributed by atoms with Crippen molar-refractivity contribution in [3.8, 4) is 6.07 Å². The fraction of sp³-hybridized carbons (Fsp3) is 0.143. The highest BCUT2D eigenvalue weighted by atomic mass is 32.2. The predicted octanol–water partition coefficient (Wildman–Crippen LogP) is 4.61. The molecule has 0 saturated carbocycles. The number of hydrogen-bond acceptors (Lipinski definition) is 6. The van der Waals surface area contributed by atoms with Gasteiger partial charge in [0.25, 0.3) is 10.1 Å². The van der Waals surface area contributed by atoms with Gasteiger partial charge >= 0.3 is 0 Å². The number of nitrogens with one attached hydrogen (secondary N) is 2. The third-order valence-electron chi connectivity index (χ3n) is 4.59. The van der Waals surface area contributed by atoms with Crippen molar-refractivity contribution in [3.63, 3.8) is 0 Å². The molecule has 0 aliphatic heterocycles. The van der Waals surface area contributed by atoms with Crippen molar-refractivity contribution in [2.75, 3.05) is 10.6 Å². The molecule has 0 atom stereocenters. The van der Waals surface area contributed by atoms with E-state index in [0.717, 1.165) is 22.4 Å². The minimum absolute atomic E-state index is 0.210. The Kier molecular flexibility index (Phi) is 5.55. The minimum Gasteiger partial charge on any atom is -0.340 e. The van der Waals surface area contributed by atoms with Gasteiger partial charge in [0.15, 0.2) is 5.82 Å². The van der Waals surface area contributed by atoms with E-state index in [0.29, 0.717) is 22.9 Å². The zero-order chi connectivity index (χ0) is 21.2. The molecule has 0 aliphatic rings. The molecule has 0 bridgehead atoms. The molecule has 7 nitrogen and oxygen atoms in total. The quantitative estimate of drug-likeness (QED) is 0.528. The van der Waals surface area contributed by atoms with E-state index in [-0.39, 0.29) is 4.90 Å². The first-order chi connectivity index (χ1) is 13.7. The molecule has 3 N–H and O–H groups in total. The number of aryl methyl sites for hydroxylation is 1. The molecule has 0 aliphatic carbocycles. The molecule has 1 heterocycles. The summed E-state index contributed by atoms with van der Waals surface area (Å²) in [6, 6.07) is 15.6. The summed E-state index contributed by atoms with van der Waals surface area (Å²) in [6.07, 6.45) is 0. The smallest absolute Gasteiger partial charge is 0.294 e. The number of benzene rings is 2. The van der Waals surface area contributed by atoms with Crippen LogP contribution in [0.15, 0.2) is 53.4 Å². The van der Waals surface area contributed by atoms with E-state index in [1.165, 1.54) is 24.3 Å². The Hall–Kier alpha value is -3.41. The SMILES string of the molecule is Cc1ccc(Nc2nc(Nc3ccc(S(=O)(=O)O)cc3)c(C#N)c(C)c2C)cc1. The van der Waals surface area contributed by atoms with Crippen LogP contribution in [-0.2, 0) is 10.1 Å². The molecule has 2 aromatic carbocycles. The molecule has 0 spiro atoms. The maximum atomic E-state index is 11.2. The van der Waals surface area contributed by atoms with Crippen LogP contribution in [0.1, 0.15) is 22.3 Å².